The summed E-state index contributed by atoms with van der Waals surface area (Å²) in [5, 5.41) is 2.76. The number of halogens is 2. The van der Waals surface area contributed by atoms with Gasteiger partial charge in [0.1, 0.15) is 5.82 Å². The third-order valence-electron chi connectivity index (χ3n) is 2.80. The van der Waals surface area contributed by atoms with Crippen LogP contribution in [0.5, 0.6) is 0 Å². The summed E-state index contributed by atoms with van der Waals surface area (Å²) < 4.78 is 13.8. The molecule has 0 atom stereocenters. The molecule has 0 bridgehead atoms. The highest BCUT2D eigenvalue weighted by Crippen LogP contribution is 2.24. The number of nitrogens with one attached hydrogen (secondary N) is 1. The lowest BCUT2D eigenvalue weighted by molar-refractivity contribution is -0.116. The first-order valence-electron chi connectivity index (χ1n) is 6.30. The fourth-order valence-corrected chi connectivity index (χ4v) is 2.16. The van der Waals surface area contributed by atoms with Crippen molar-refractivity contribution in [2.24, 2.45) is 0 Å². The molecule has 1 N–H and O–H groups in total. The molecular weight excluding hydrogens is 297 g/mol. The number of unbranched alkanes of at least 4 members (excludes halogenated alkanes) is 3. The lowest BCUT2D eigenvalue weighted by Gasteiger charge is -2.09. The number of hydrogen-bond acceptors (Lipinski definition) is 1. The Morgan fingerprint density at radius 3 is 2.72 bits per heavy atom. The fraction of sp³-hybridized carbons (Fsp3) is 0.500. The van der Waals surface area contributed by atoms with E-state index in [-0.39, 0.29) is 11.7 Å². The maximum Gasteiger partial charge on any atom is 0.224 e. The van der Waals surface area contributed by atoms with Gasteiger partial charge >= 0.3 is 0 Å². The van der Waals surface area contributed by atoms with Crippen LogP contribution in [0, 0.1) is 12.7 Å². The van der Waals surface area contributed by atoms with Crippen LogP contribution in [0.15, 0.2) is 16.6 Å². The zero-order chi connectivity index (χ0) is 13.5. The van der Waals surface area contributed by atoms with Crippen molar-refractivity contribution < 1.29 is 9.18 Å². The van der Waals surface area contributed by atoms with Crippen molar-refractivity contribution in [3.63, 3.8) is 0 Å². The first-order chi connectivity index (χ1) is 8.54. The summed E-state index contributed by atoms with van der Waals surface area (Å²) in [5.74, 6) is -0.405. The van der Waals surface area contributed by atoms with Crippen molar-refractivity contribution in [1.29, 1.82) is 0 Å². The number of benzene rings is 1. The summed E-state index contributed by atoms with van der Waals surface area (Å²) in [6.07, 6.45) is 4.75. The van der Waals surface area contributed by atoms with Crippen LogP contribution in [0.3, 0.4) is 0 Å². The Bertz CT molecular complexity index is 421. The Balaban J connectivity index is 2.51. The van der Waals surface area contributed by atoms with E-state index in [0.29, 0.717) is 16.6 Å². The maximum atomic E-state index is 13.4. The van der Waals surface area contributed by atoms with E-state index in [1.807, 2.05) is 6.92 Å². The molecule has 0 unspecified atom stereocenters. The Labute approximate surface area is 116 Å². The van der Waals surface area contributed by atoms with Crippen LogP contribution < -0.4 is 5.32 Å². The zero-order valence-corrected chi connectivity index (χ0v) is 12.4. The molecule has 0 radical (unpaired) electrons. The van der Waals surface area contributed by atoms with Crippen LogP contribution in [0.2, 0.25) is 0 Å². The predicted octanol–water partition coefficient (Wildman–Crippen LogP) is 4.81. The molecule has 0 aliphatic carbocycles. The Hall–Kier alpha value is -0.900. The monoisotopic (exact) mass is 315 g/mol. The van der Waals surface area contributed by atoms with Gasteiger partial charge in [0.05, 0.1) is 4.47 Å². The van der Waals surface area contributed by atoms with Crippen LogP contribution in [0.4, 0.5) is 10.1 Å². The minimum atomic E-state index is -0.359. The predicted molar refractivity (Wildman–Crippen MR) is 76.2 cm³/mol. The highest BCUT2D eigenvalue weighted by molar-refractivity contribution is 9.10. The second-order valence-corrected chi connectivity index (χ2v) is 5.29. The molecule has 0 aliphatic heterocycles. The fourth-order valence-electron chi connectivity index (χ4n) is 1.71. The molecule has 18 heavy (non-hydrogen) atoms. The zero-order valence-electron chi connectivity index (χ0n) is 10.9. The SMILES string of the molecule is CCCCCCC(=O)Nc1cc(F)c(Br)cc1C. The van der Waals surface area contributed by atoms with Crippen molar-refractivity contribution >= 4 is 27.5 Å². The van der Waals surface area contributed by atoms with Gasteiger partial charge in [-0.1, -0.05) is 26.2 Å². The van der Waals surface area contributed by atoms with Gasteiger partial charge < -0.3 is 5.32 Å². The van der Waals surface area contributed by atoms with Crippen molar-refractivity contribution in [2.45, 2.75) is 46.0 Å². The second kappa shape index (κ2) is 7.52. The Morgan fingerprint density at radius 2 is 2.06 bits per heavy atom. The average molecular weight is 316 g/mol. The molecule has 0 spiro atoms. The number of carbonyl (C=O) groups is 1. The van der Waals surface area contributed by atoms with E-state index < -0.39 is 0 Å². The number of anilines is 1. The molecule has 1 aromatic rings. The molecule has 0 saturated heterocycles. The van der Waals surface area contributed by atoms with Crippen LogP contribution >= 0.6 is 15.9 Å². The van der Waals surface area contributed by atoms with E-state index in [1.165, 1.54) is 6.07 Å². The lowest BCUT2D eigenvalue weighted by atomic mass is 10.1. The summed E-state index contributed by atoms with van der Waals surface area (Å²) in [6, 6.07) is 3.02. The van der Waals surface area contributed by atoms with Gasteiger partial charge in [-0.2, -0.15) is 0 Å². The molecule has 0 saturated carbocycles. The van der Waals surface area contributed by atoms with Crippen molar-refractivity contribution in [3.05, 3.63) is 28.0 Å². The van der Waals surface area contributed by atoms with E-state index in [2.05, 4.69) is 28.2 Å². The molecule has 100 valence electrons. The standard InChI is InChI=1S/C14H19BrFNO/c1-3-4-5-6-7-14(18)17-13-9-12(16)11(15)8-10(13)2/h8-9H,3-7H2,1-2H3,(H,17,18). The van der Waals surface area contributed by atoms with Gasteiger partial charge in [0.25, 0.3) is 0 Å². The number of amides is 1. The lowest BCUT2D eigenvalue weighted by Crippen LogP contribution is -2.12. The molecule has 0 aromatic heterocycles. The Kier molecular flexibility index (Phi) is 6.33. The average Bonchev–Trinajstić information content (AvgIpc) is 2.32. The van der Waals surface area contributed by atoms with Gasteiger partial charge in [0.15, 0.2) is 0 Å². The molecule has 1 rings (SSSR count). The van der Waals surface area contributed by atoms with E-state index in [4.69, 9.17) is 0 Å². The molecule has 1 amide bonds. The number of hydrogen-bond donors (Lipinski definition) is 1. The third-order valence-corrected chi connectivity index (χ3v) is 3.41. The topological polar surface area (TPSA) is 29.1 Å². The normalized spacial score (nSPS) is 10.4. The molecule has 2 nitrogen and oxygen atoms in total. The van der Waals surface area contributed by atoms with E-state index in [1.54, 1.807) is 6.07 Å². The highest BCUT2D eigenvalue weighted by atomic mass is 79.9. The van der Waals surface area contributed by atoms with Crippen molar-refractivity contribution in [2.75, 3.05) is 5.32 Å². The van der Waals surface area contributed by atoms with Crippen LogP contribution in [0.25, 0.3) is 0 Å². The molecule has 1 aromatic carbocycles. The molecular formula is C14H19BrFNO. The van der Waals surface area contributed by atoms with E-state index in [9.17, 15) is 9.18 Å². The van der Waals surface area contributed by atoms with Crippen molar-refractivity contribution in [1.82, 2.24) is 0 Å². The largest absolute Gasteiger partial charge is 0.326 e. The summed E-state index contributed by atoms with van der Waals surface area (Å²) in [6.45, 7) is 3.98. The summed E-state index contributed by atoms with van der Waals surface area (Å²) in [7, 11) is 0. The van der Waals surface area contributed by atoms with E-state index >= 15 is 0 Å². The van der Waals surface area contributed by atoms with Crippen LogP contribution in [0.1, 0.15) is 44.6 Å². The van der Waals surface area contributed by atoms with Crippen molar-refractivity contribution in [3.8, 4) is 0 Å². The van der Waals surface area contributed by atoms with Gasteiger partial charge in [0.2, 0.25) is 5.91 Å². The number of aryl methyl sites for hydroxylation is 1. The van der Waals surface area contributed by atoms with Gasteiger partial charge in [-0.15, -0.1) is 0 Å². The van der Waals surface area contributed by atoms with Crippen LogP contribution in [-0.4, -0.2) is 5.91 Å². The smallest absolute Gasteiger partial charge is 0.224 e. The summed E-state index contributed by atoms with van der Waals surface area (Å²) in [4.78, 5) is 11.7. The van der Waals surface area contributed by atoms with Crippen LogP contribution in [-0.2, 0) is 4.79 Å². The molecule has 4 heteroatoms. The molecule has 0 fully saturated rings. The summed E-state index contributed by atoms with van der Waals surface area (Å²) >= 11 is 3.12. The minimum Gasteiger partial charge on any atom is -0.326 e. The highest BCUT2D eigenvalue weighted by Gasteiger charge is 2.08. The van der Waals surface area contributed by atoms with Gasteiger partial charge in [0, 0.05) is 12.1 Å². The molecule has 0 heterocycles. The first kappa shape index (κ1) is 15.2. The van der Waals surface area contributed by atoms with Gasteiger partial charge in [-0.25, -0.2) is 4.39 Å². The van der Waals surface area contributed by atoms with Gasteiger partial charge in [-0.3, -0.25) is 4.79 Å². The molecule has 0 aliphatic rings. The number of carbonyl (C=O) groups excluding carboxylic acids is 1. The third kappa shape index (κ3) is 4.77. The van der Waals surface area contributed by atoms with E-state index in [0.717, 1.165) is 31.2 Å². The summed E-state index contributed by atoms with van der Waals surface area (Å²) in [5.41, 5.74) is 1.40. The maximum absolute atomic E-state index is 13.4. The Morgan fingerprint density at radius 1 is 1.33 bits per heavy atom. The second-order valence-electron chi connectivity index (χ2n) is 4.44. The first-order valence-corrected chi connectivity index (χ1v) is 7.09. The minimum absolute atomic E-state index is 0.0454. The number of rotatable bonds is 6. The van der Waals surface area contributed by atoms with Gasteiger partial charge in [-0.05, 0) is 47.0 Å². The quantitative estimate of drug-likeness (QED) is 0.750.